The van der Waals surface area contributed by atoms with E-state index in [0.717, 1.165) is 19.0 Å². The Morgan fingerprint density at radius 3 is 2.58 bits per heavy atom. The smallest absolute Gasteiger partial charge is 0.134 e. The zero-order valence-electron chi connectivity index (χ0n) is 11.3. The molecule has 0 bridgehead atoms. The first-order valence-corrected chi connectivity index (χ1v) is 6.92. The number of hydrogen-bond donors (Lipinski definition) is 0. The van der Waals surface area contributed by atoms with E-state index < -0.39 is 0 Å². The molecule has 0 amide bonds. The first-order valence-electron chi connectivity index (χ1n) is 6.92. The maximum absolute atomic E-state index is 4.47. The van der Waals surface area contributed by atoms with Crippen LogP contribution in [0.5, 0.6) is 0 Å². The average Bonchev–Trinajstić information content (AvgIpc) is 2.85. The highest BCUT2D eigenvalue weighted by atomic mass is 15.4. The zero-order valence-corrected chi connectivity index (χ0v) is 11.3. The minimum absolute atomic E-state index is 0.899. The Kier molecular flexibility index (Phi) is 3.36. The Labute approximate surface area is 114 Å². The largest absolute Gasteiger partial charge is 0.352 e. The Balaban J connectivity index is 1.92. The predicted molar refractivity (Wildman–Crippen MR) is 79.9 cm³/mol. The van der Waals surface area contributed by atoms with Crippen LogP contribution in [0.3, 0.4) is 0 Å². The van der Waals surface area contributed by atoms with Gasteiger partial charge in [-0.3, -0.25) is 0 Å². The topological polar surface area (TPSA) is 19.4 Å². The number of pyridine rings is 1. The molecule has 1 aliphatic rings. The lowest BCUT2D eigenvalue weighted by Crippen LogP contribution is -2.29. The van der Waals surface area contributed by atoms with Gasteiger partial charge in [0.1, 0.15) is 5.82 Å². The molecule has 0 unspecified atom stereocenters. The van der Waals surface area contributed by atoms with Gasteiger partial charge in [0.2, 0.25) is 0 Å². The van der Waals surface area contributed by atoms with Gasteiger partial charge in [0.05, 0.1) is 18.0 Å². The van der Waals surface area contributed by atoms with E-state index >= 15 is 0 Å². The molecule has 1 aliphatic heterocycles. The number of anilines is 3. The molecular formula is C16H19N3. The third-order valence-corrected chi connectivity index (χ3v) is 3.53. The Hall–Kier alpha value is -2.03. The number of rotatable bonds is 4. The van der Waals surface area contributed by atoms with Crippen molar-refractivity contribution in [1.82, 2.24) is 4.98 Å². The molecule has 0 N–H and O–H groups in total. The highest BCUT2D eigenvalue weighted by molar-refractivity contribution is 5.81. The SMILES string of the molecule is CCCCN1CN(c2ccccn2)c2ccccc21. The average molecular weight is 253 g/mol. The summed E-state index contributed by atoms with van der Waals surface area (Å²) in [6, 6.07) is 14.7. The fourth-order valence-electron chi connectivity index (χ4n) is 2.53. The molecule has 3 nitrogen and oxygen atoms in total. The van der Waals surface area contributed by atoms with E-state index in [9.17, 15) is 0 Å². The molecule has 2 heterocycles. The minimum Gasteiger partial charge on any atom is -0.352 e. The molecule has 0 aliphatic carbocycles. The van der Waals surface area contributed by atoms with Gasteiger partial charge >= 0.3 is 0 Å². The number of nitrogens with zero attached hydrogens (tertiary/aromatic N) is 3. The fraction of sp³-hybridized carbons (Fsp3) is 0.312. The van der Waals surface area contributed by atoms with Gasteiger partial charge < -0.3 is 9.80 Å². The molecule has 0 radical (unpaired) electrons. The van der Waals surface area contributed by atoms with Crippen LogP contribution in [0.25, 0.3) is 0 Å². The van der Waals surface area contributed by atoms with Gasteiger partial charge in [0.15, 0.2) is 0 Å². The molecule has 98 valence electrons. The lowest BCUT2D eigenvalue weighted by molar-refractivity contribution is 0.734. The summed E-state index contributed by atoms with van der Waals surface area (Å²) in [5, 5.41) is 0. The second-order valence-corrected chi connectivity index (χ2v) is 4.86. The molecule has 0 spiro atoms. The molecule has 0 fully saturated rings. The number of unbranched alkanes of at least 4 members (excludes halogenated alkanes) is 1. The van der Waals surface area contributed by atoms with Gasteiger partial charge in [-0.2, -0.15) is 0 Å². The summed E-state index contributed by atoms with van der Waals surface area (Å²) in [6.45, 7) is 4.24. The van der Waals surface area contributed by atoms with Crippen molar-refractivity contribution >= 4 is 17.2 Å². The van der Waals surface area contributed by atoms with Crippen LogP contribution in [0.15, 0.2) is 48.7 Å². The maximum atomic E-state index is 4.47. The van der Waals surface area contributed by atoms with Crippen LogP contribution >= 0.6 is 0 Å². The summed E-state index contributed by atoms with van der Waals surface area (Å²) in [6.07, 6.45) is 4.30. The van der Waals surface area contributed by atoms with Crippen LogP contribution in [0.4, 0.5) is 17.2 Å². The predicted octanol–water partition coefficient (Wildman–Crippen LogP) is 3.80. The summed E-state index contributed by atoms with van der Waals surface area (Å²) in [5.41, 5.74) is 2.58. The molecule has 2 aromatic rings. The molecule has 19 heavy (non-hydrogen) atoms. The lowest BCUT2D eigenvalue weighted by atomic mass is 10.2. The van der Waals surface area contributed by atoms with Crippen molar-refractivity contribution in [1.29, 1.82) is 0 Å². The summed E-state index contributed by atoms with van der Waals surface area (Å²) < 4.78 is 0. The van der Waals surface area contributed by atoms with Gasteiger partial charge in [-0.25, -0.2) is 4.98 Å². The first-order chi connectivity index (χ1) is 9.40. The van der Waals surface area contributed by atoms with Crippen molar-refractivity contribution in [3.8, 4) is 0 Å². The van der Waals surface area contributed by atoms with Crippen LogP contribution in [0.1, 0.15) is 19.8 Å². The van der Waals surface area contributed by atoms with Crippen molar-refractivity contribution in [2.24, 2.45) is 0 Å². The van der Waals surface area contributed by atoms with E-state index in [1.165, 1.54) is 24.2 Å². The monoisotopic (exact) mass is 253 g/mol. The van der Waals surface area contributed by atoms with Crippen LogP contribution < -0.4 is 9.80 Å². The molecule has 0 saturated heterocycles. The van der Waals surface area contributed by atoms with Crippen molar-refractivity contribution in [2.45, 2.75) is 19.8 Å². The summed E-state index contributed by atoms with van der Waals surface area (Å²) in [4.78, 5) is 9.19. The van der Waals surface area contributed by atoms with E-state index in [1.54, 1.807) is 0 Å². The highest BCUT2D eigenvalue weighted by Crippen LogP contribution is 2.39. The van der Waals surface area contributed by atoms with Crippen molar-refractivity contribution in [2.75, 3.05) is 23.0 Å². The molecule has 3 rings (SSSR count). The Morgan fingerprint density at radius 1 is 1.05 bits per heavy atom. The van der Waals surface area contributed by atoms with Crippen LogP contribution in [-0.2, 0) is 0 Å². The summed E-state index contributed by atoms with van der Waals surface area (Å²) >= 11 is 0. The van der Waals surface area contributed by atoms with E-state index in [0.29, 0.717) is 0 Å². The number of hydrogen-bond acceptors (Lipinski definition) is 3. The van der Waals surface area contributed by atoms with E-state index in [1.807, 2.05) is 18.3 Å². The van der Waals surface area contributed by atoms with E-state index in [4.69, 9.17) is 0 Å². The van der Waals surface area contributed by atoms with Gasteiger partial charge in [-0.15, -0.1) is 0 Å². The van der Waals surface area contributed by atoms with Gasteiger partial charge in [-0.05, 0) is 30.7 Å². The molecule has 1 aromatic heterocycles. The number of para-hydroxylation sites is 2. The first kappa shape index (κ1) is 12.0. The van der Waals surface area contributed by atoms with Crippen LogP contribution in [0.2, 0.25) is 0 Å². The van der Waals surface area contributed by atoms with Crippen LogP contribution in [0, 0.1) is 0 Å². The normalized spacial score (nSPS) is 13.7. The number of benzene rings is 1. The minimum atomic E-state index is 0.899. The summed E-state index contributed by atoms with van der Waals surface area (Å²) in [7, 11) is 0. The standard InChI is InChI=1S/C16H19N3/c1-2-3-12-18-13-19(16-10-6-7-11-17-16)15-9-5-4-8-14(15)18/h4-11H,2-3,12-13H2,1H3. The third-order valence-electron chi connectivity index (χ3n) is 3.53. The zero-order chi connectivity index (χ0) is 13.1. The highest BCUT2D eigenvalue weighted by Gasteiger charge is 2.26. The molecular weight excluding hydrogens is 234 g/mol. The second kappa shape index (κ2) is 5.31. The van der Waals surface area contributed by atoms with Crippen molar-refractivity contribution < 1.29 is 0 Å². The van der Waals surface area contributed by atoms with Crippen LogP contribution in [-0.4, -0.2) is 18.2 Å². The Bertz CT molecular complexity index is 539. The Morgan fingerprint density at radius 2 is 1.84 bits per heavy atom. The van der Waals surface area contributed by atoms with Gasteiger partial charge in [0.25, 0.3) is 0 Å². The lowest BCUT2D eigenvalue weighted by Gasteiger charge is -2.20. The summed E-state index contributed by atoms with van der Waals surface area (Å²) in [5.74, 6) is 1.02. The van der Waals surface area contributed by atoms with Gasteiger partial charge in [0, 0.05) is 12.7 Å². The fourth-order valence-corrected chi connectivity index (χ4v) is 2.53. The van der Waals surface area contributed by atoms with Crippen molar-refractivity contribution in [3.63, 3.8) is 0 Å². The maximum Gasteiger partial charge on any atom is 0.134 e. The van der Waals surface area contributed by atoms with Gasteiger partial charge in [-0.1, -0.05) is 31.5 Å². The molecule has 0 saturated carbocycles. The molecule has 3 heteroatoms. The number of fused-ring (bicyclic) bond motifs is 1. The van der Waals surface area contributed by atoms with E-state index in [2.05, 4.69) is 52.0 Å². The molecule has 1 aromatic carbocycles. The van der Waals surface area contributed by atoms with E-state index in [-0.39, 0.29) is 0 Å². The third kappa shape index (κ3) is 2.28. The quantitative estimate of drug-likeness (QED) is 0.826. The molecule has 0 atom stereocenters. The number of aromatic nitrogens is 1. The second-order valence-electron chi connectivity index (χ2n) is 4.86. The van der Waals surface area contributed by atoms with Crippen molar-refractivity contribution in [3.05, 3.63) is 48.7 Å².